The number of carbonyl (C=O) groups excluding carboxylic acids is 1. The predicted molar refractivity (Wildman–Crippen MR) is 66.6 cm³/mol. The molecule has 0 fully saturated rings. The molecular formula is C13H26O4. The van der Waals surface area contributed by atoms with Crippen LogP contribution in [0.5, 0.6) is 0 Å². The molecule has 0 aromatic rings. The Morgan fingerprint density at radius 1 is 1.18 bits per heavy atom. The fraction of sp³-hybridized carbons (Fsp3) is 0.923. The Hall–Kier alpha value is -0.610. The van der Waals surface area contributed by atoms with E-state index < -0.39 is 6.10 Å². The van der Waals surface area contributed by atoms with Gasteiger partial charge in [0, 0.05) is 0 Å². The van der Waals surface area contributed by atoms with Gasteiger partial charge in [-0.1, -0.05) is 26.2 Å². The van der Waals surface area contributed by atoms with Crippen molar-refractivity contribution in [3.8, 4) is 0 Å². The molecule has 0 heterocycles. The molecule has 2 atom stereocenters. The number of ether oxygens (including phenoxy) is 1. The van der Waals surface area contributed by atoms with Gasteiger partial charge in [0.15, 0.2) is 0 Å². The number of aliphatic hydroxyl groups is 2. The lowest BCUT2D eigenvalue weighted by molar-refractivity contribution is -0.145. The molecule has 0 aromatic carbocycles. The second-order valence-electron chi connectivity index (χ2n) is 4.57. The minimum atomic E-state index is -0.592. The van der Waals surface area contributed by atoms with Crippen molar-refractivity contribution in [3.63, 3.8) is 0 Å². The third kappa shape index (κ3) is 11.6. The number of unbranched alkanes of at least 4 members (excludes halogenated alkanes) is 2. The lowest BCUT2D eigenvalue weighted by Crippen LogP contribution is -2.16. The average Bonchev–Trinajstić information content (AvgIpc) is 2.25. The molecule has 0 aromatic heterocycles. The zero-order valence-electron chi connectivity index (χ0n) is 11.0. The van der Waals surface area contributed by atoms with Crippen molar-refractivity contribution in [2.45, 2.75) is 71.0 Å². The van der Waals surface area contributed by atoms with E-state index in [2.05, 4.69) is 0 Å². The summed E-state index contributed by atoms with van der Waals surface area (Å²) in [6, 6.07) is 0. The van der Waals surface area contributed by atoms with Crippen molar-refractivity contribution in [1.82, 2.24) is 0 Å². The number of hydrogen-bond acceptors (Lipinski definition) is 4. The second-order valence-corrected chi connectivity index (χ2v) is 4.57. The Balaban J connectivity index is 3.39. The molecule has 2 unspecified atom stereocenters. The fourth-order valence-electron chi connectivity index (χ4n) is 1.57. The van der Waals surface area contributed by atoms with Crippen LogP contribution >= 0.6 is 0 Å². The first kappa shape index (κ1) is 16.4. The highest BCUT2D eigenvalue weighted by Crippen LogP contribution is 2.10. The van der Waals surface area contributed by atoms with Gasteiger partial charge < -0.3 is 14.9 Å². The summed E-state index contributed by atoms with van der Waals surface area (Å²) in [5, 5.41) is 18.6. The standard InChI is InChI=1S/C13H26O4/c1-3-9-17-13(16)10-12(15)8-6-4-5-7-11(2)14/h11-12,14-15H,3-10H2,1-2H3. The minimum absolute atomic E-state index is 0.0937. The number of rotatable bonds is 10. The van der Waals surface area contributed by atoms with Crippen LogP contribution in [0.3, 0.4) is 0 Å². The van der Waals surface area contributed by atoms with Crippen LogP contribution < -0.4 is 0 Å². The van der Waals surface area contributed by atoms with Crippen LogP contribution in [0.2, 0.25) is 0 Å². The van der Waals surface area contributed by atoms with Gasteiger partial charge in [-0.05, 0) is 26.2 Å². The predicted octanol–water partition coefficient (Wildman–Crippen LogP) is 2.02. The summed E-state index contributed by atoms with van der Waals surface area (Å²) in [7, 11) is 0. The topological polar surface area (TPSA) is 66.8 Å². The van der Waals surface area contributed by atoms with Gasteiger partial charge in [-0.2, -0.15) is 0 Å². The SMILES string of the molecule is CCCOC(=O)CC(O)CCCCCC(C)O. The van der Waals surface area contributed by atoms with E-state index in [-0.39, 0.29) is 18.5 Å². The molecule has 4 heteroatoms. The zero-order chi connectivity index (χ0) is 13.1. The van der Waals surface area contributed by atoms with Crippen LogP contribution in [0.15, 0.2) is 0 Å². The summed E-state index contributed by atoms with van der Waals surface area (Å²) in [4.78, 5) is 11.2. The fourth-order valence-corrected chi connectivity index (χ4v) is 1.57. The maximum Gasteiger partial charge on any atom is 0.308 e. The van der Waals surface area contributed by atoms with Gasteiger partial charge in [-0.3, -0.25) is 4.79 Å². The number of esters is 1. The number of hydrogen-bond donors (Lipinski definition) is 2. The van der Waals surface area contributed by atoms with E-state index >= 15 is 0 Å². The highest BCUT2D eigenvalue weighted by molar-refractivity contribution is 5.69. The van der Waals surface area contributed by atoms with E-state index in [1.807, 2.05) is 6.92 Å². The van der Waals surface area contributed by atoms with E-state index in [0.29, 0.717) is 13.0 Å². The van der Waals surface area contributed by atoms with Crippen molar-refractivity contribution in [2.24, 2.45) is 0 Å². The molecule has 0 rings (SSSR count). The van der Waals surface area contributed by atoms with Crippen LogP contribution in [0.25, 0.3) is 0 Å². The molecule has 4 nitrogen and oxygen atoms in total. The van der Waals surface area contributed by atoms with Gasteiger partial charge >= 0.3 is 5.97 Å². The van der Waals surface area contributed by atoms with Crippen molar-refractivity contribution in [2.75, 3.05) is 6.61 Å². The highest BCUT2D eigenvalue weighted by atomic mass is 16.5. The Morgan fingerprint density at radius 3 is 2.41 bits per heavy atom. The Bertz CT molecular complexity index is 192. The van der Waals surface area contributed by atoms with Crippen molar-refractivity contribution < 1.29 is 19.7 Å². The van der Waals surface area contributed by atoms with Crippen molar-refractivity contribution in [1.29, 1.82) is 0 Å². The van der Waals surface area contributed by atoms with Gasteiger partial charge in [0.2, 0.25) is 0 Å². The van der Waals surface area contributed by atoms with Gasteiger partial charge in [0.25, 0.3) is 0 Å². The van der Waals surface area contributed by atoms with E-state index in [1.165, 1.54) is 0 Å². The van der Waals surface area contributed by atoms with E-state index in [0.717, 1.165) is 32.1 Å². The van der Waals surface area contributed by atoms with Crippen LogP contribution in [0.1, 0.15) is 58.8 Å². The summed E-state index contributed by atoms with van der Waals surface area (Å²) < 4.78 is 4.89. The summed E-state index contributed by atoms with van der Waals surface area (Å²) in [6.45, 7) is 4.14. The maximum absolute atomic E-state index is 11.2. The molecule has 0 aliphatic rings. The summed E-state index contributed by atoms with van der Waals surface area (Å²) in [6.07, 6.45) is 4.31. The van der Waals surface area contributed by atoms with E-state index in [1.54, 1.807) is 6.92 Å². The normalized spacial score (nSPS) is 14.4. The molecular weight excluding hydrogens is 220 g/mol. The van der Waals surface area contributed by atoms with Crippen molar-refractivity contribution in [3.05, 3.63) is 0 Å². The summed E-state index contributed by atoms with van der Waals surface area (Å²) in [5.41, 5.74) is 0. The Kier molecular flexibility index (Phi) is 10.2. The third-order valence-corrected chi connectivity index (χ3v) is 2.53. The van der Waals surface area contributed by atoms with Crippen LogP contribution in [0, 0.1) is 0 Å². The molecule has 17 heavy (non-hydrogen) atoms. The van der Waals surface area contributed by atoms with E-state index in [9.17, 15) is 9.90 Å². The third-order valence-electron chi connectivity index (χ3n) is 2.53. The Morgan fingerprint density at radius 2 is 1.82 bits per heavy atom. The first-order chi connectivity index (χ1) is 8.06. The minimum Gasteiger partial charge on any atom is -0.466 e. The molecule has 0 radical (unpaired) electrons. The van der Waals surface area contributed by atoms with Gasteiger partial charge in [-0.15, -0.1) is 0 Å². The quantitative estimate of drug-likeness (QED) is 0.457. The second kappa shape index (κ2) is 10.5. The van der Waals surface area contributed by atoms with E-state index in [4.69, 9.17) is 9.84 Å². The largest absolute Gasteiger partial charge is 0.466 e. The first-order valence-corrected chi connectivity index (χ1v) is 6.58. The van der Waals surface area contributed by atoms with Gasteiger partial charge in [0.1, 0.15) is 0 Å². The summed E-state index contributed by atoms with van der Waals surface area (Å²) >= 11 is 0. The molecule has 2 N–H and O–H groups in total. The smallest absolute Gasteiger partial charge is 0.308 e. The zero-order valence-corrected chi connectivity index (χ0v) is 11.0. The molecule has 0 saturated heterocycles. The van der Waals surface area contributed by atoms with Crippen molar-refractivity contribution >= 4 is 5.97 Å². The van der Waals surface area contributed by atoms with Crippen LogP contribution in [0.4, 0.5) is 0 Å². The van der Waals surface area contributed by atoms with Crippen LogP contribution in [-0.2, 0) is 9.53 Å². The van der Waals surface area contributed by atoms with Gasteiger partial charge in [0.05, 0.1) is 25.2 Å². The average molecular weight is 246 g/mol. The number of carbonyl (C=O) groups is 1. The molecule has 102 valence electrons. The molecule has 0 bridgehead atoms. The molecule has 0 aliphatic heterocycles. The molecule has 0 saturated carbocycles. The van der Waals surface area contributed by atoms with Crippen LogP contribution in [-0.4, -0.2) is 35.0 Å². The maximum atomic E-state index is 11.2. The highest BCUT2D eigenvalue weighted by Gasteiger charge is 2.11. The molecule has 0 spiro atoms. The lowest BCUT2D eigenvalue weighted by Gasteiger charge is -2.10. The summed E-state index contributed by atoms with van der Waals surface area (Å²) in [5.74, 6) is -0.316. The first-order valence-electron chi connectivity index (χ1n) is 6.58. The Labute approximate surface area is 104 Å². The monoisotopic (exact) mass is 246 g/mol. The molecule has 0 amide bonds. The molecule has 0 aliphatic carbocycles. The lowest BCUT2D eigenvalue weighted by atomic mass is 10.1. The van der Waals surface area contributed by atoms with Gasteiger partial charge in [-0.25, -0.2) is 0 Å². The number of aliphatic hydroxyl groups excluding tert-OH is 2.